The number of amides is 1. The van der Waals surface area contributed by atoms with Gasteiger partial charge >= 0.3 is 0 Å². The van der Waals surface area contributed by atoms with Gasteiger partial charge in [0.05, 0.1) is 22.0 Å². The van der Waals surface area contributed by atoms with E-state index in [0.717, 1.165) is 0 Å². The van der Waals surface area contributed by atoms with Gasteiger partial charge in [-0.2, -0.15) is 5.26 Å². The molecule has 1 heterocycles. The van der Waals surface area contributed by atoms with Gasteiger partial charge in [-0.05, 0) is 28.1 Å². The Kier molecular flexibility index (Phi) is 4.88. The number of piperazine rings is 1. The molecular formula is C13H13BrN4O3. The van der Waals surface area contributed by atoms with Gasteiger partial charge in [-0.25, -0.2) is 0 Å². The third kappa shape index (κ3) is 3.56. The van der Waals surface area contributed by atoms with E-state index in [-0.39, 0.29) is 11.6 Å². The number of nitriles is 1. The number of hydrogen-bond donors (Lipinski definition) is 0. The zero-order valence-corrected chi connectivity index (χ0v) is 12.7. The highest BCUT2D eigenvalue weighted by Gasteiger charge is 2.24. The second-order valence-corrected chi connectivity index (χ2v) is 5.50. The summed E-state index contributed by atoms with van der Waals surface area (Å²) in [5, 5.41) is 19.5. The fourth-order valence-electron chi connectivity index (χ4n) is 2.18. The number of halogens is 1. The van der Waals surface area contributed by atoms with Crippen LogP contribution in [0.1, 0.15) is 10.4 Å². The van der Waals surface area contributed by atoms with Crippen molar-refractivity contribution in [2.45, 2.75) is 0 Å². The summed E-state index contributed by atoms with van der Waals surface area (Å²) in [5.41, 5.74) is 0.183. The number of carbonyl (C=O) groups is 1. The standard InChI is InChI=1S/C13H13BrN4O3/c14-11-2-1-10(9-12(11)18(20)21)13(19)17-7-5-16(4-3-15)6-8-17/h1-2,9H,4-8H2. The summed E-state index contributed by atoms with van der Waals surface area (Å²) in [7, 11) is 0. The maximum Gasteiger partial charge on any atom is 0.284 e. The van der Waals surface area contributed by atoms with Crippen LogP contribution in [0.4, 0.5) is 5.69 Å². The first-order chi connectivity index (χ1) is 10.0. The smallest absolute Gasteiger partial charge is 0.284 e. The van der Waals surface area contributed by atoms with Gasteiger partial charge in [-0.3, -0.25) is 19.8 Å². The average molecular weight is 353 g/mol. The fourth-order valence-corrected chi connectivity index (χ4v) is 2.57. The van der Waals surface area contributed by atoms with Crippen LogP contribution in [0, 0.1) is 21.4 Å². The summed E-state index contributed by atoms with van der Waals surface area (Å²) in [6.45, 7) is 2.66. The quantitative estimate of drug-likeness (QED) is 0.468. The number of hydrogen-bond acceptors (Lipinski definition) is 5. The molecule has 1 aromatic rings. The predicted molar refractivity (Wildman–Crippen MR) is 78.8 cm³/mol. The molecule has 21 heavy (non-hydrogen) atoms. The minimum absolute atomic E-state index is 0.121. The van der Waals surface area contributed by atoms with Crippen LogP contribution in [-0.4, -0.2) is 53.4 Å². The lowest BCUT2D eigenvalue weighted by Gasteiger charge is -2.33. The molecular weight excluding hydrogens is 340 g/mol. The van der Waals surface area contributed by atoms with Gasteiger partial charge in [0.1, 0.15) is 0 Å². The lowest BCUT2D eigenvalue weighted by Crippen LogP contribution is -2.48. The Morgan fingerprint density at radius 1 is 1.38 bits per heavy atom. The largest absolute Gasteiger partial charge is 0.336 e. The number of nitro groups is 1. The molecule has 1 aromatic carbocycles. The Hall–Kier alpha value is -1.98. The number of rotatable bonds is 3. The molecule has 8 heteroatoms. The Morgan fingerprint density at radius 3 is 2.62 bits per heavy atom. The summed E-state index contributed by atoms with van der Waals surface area (Å²) in [4.78, 5) is 26.4. The molecule has 0 bridgehead atoms. The van der Waals surface area contributed by atoms with E-state index in [1.54, 1.807) is 11.0 Å². The molecule has 0 N–H and O–H groups in total. The van der Waals surface area contributed by atoms with Crippen LogP contribution in [0.25, 0.3) is 0 Å². The number of carbonyl (C=O) groups excluding carboxylic acids is 1. The second-order valence-electron chi connectivity index (χ2n) is 4.65. The highest BCUT2D eigenvalue weighted by atomic mass is 79.9. The van der Waals surface area contributed by atoms with Crippen molar-refractivity contribution in [3.05, 3.63) is 38.3 Å². The molecule has 1 saturated heterocycles. The predicted octanol–water partition coefficient (Wildman–Crippen LogP) is 1.64. The van der Waals surface area contributed by atoms with Crippen molar-refractivity contribution in [3.8, 4) is 6.07 Å². The van der Waals surface area contributed by atoms with E-state index in [4.69, 9.17) is 5.26 Å². The van der Waals surface area contributed by atoms with E-state index >= 15 is 0 Å². The molecule has 0 spiro atoms. The maximum atomic E-state index is 12.4. The van der Waals surface area contributed by atoms with Crippen molar-refractivity contribution >= 4 is 27.5 Å². The van der Waals surface area contributed by atoms with Crippen LogP contribution in [0.15, 0.2) is 22.7 Å². The number of nitro benzene ring substituents is 1. The monoisotopic (exact) mass is 352 g/mol. The number of benzene rings is 1. The van der Waals surface area contributed by atoms with Crippen LogP contribution in [0.5, 0.6) is 0 Å². The highest BCUT2D eigenvalue weighted by molar-refractivity contribution is 9.10. The Balaban J connectivity index is 2.09. The van der Waals surface area contributed by atoms with Crippen molar-refractivity contribution in [1.82, 2.24) is 9.80 Å². The van der Waals surface area contributed by atoms with Crippen molar-refractivity contribution in [2.24, 2.45) is 0 Å². The molecule has 0 aliphatic carbocycles. The lowest BCUT2D eigenvalue weighted by molar-refractivity contribution is -0.385. The van der Waals surface area contributed by atoms with Gasteiger partial charge in [0.2, 0.25) is 0 Å². The zero-order chi connectivity index (χ0) is 15.4. The van der Waals surface area contributed by atoms with Crippen molar-refractivity contribution < 1.29 is 9.72 Å². The first-order valence-electron chi connectivity index (χ1n) is 6.35. The molecule has 2 rings (SSSR count). The molecule has 1 aliphatic rings. The summed E-state index contributed by atoms with van der Waals surface area (Å²) in [6, 6.07) is 6.45. The van der Waals surface area contributed by atoms with Gasteiger partial charge in [0, 0.05) is 37.8 Å². The molecule has 1 amide bonds. The maximum absolute atomic E-state index is 12.4. The molecule has 110 valence electrons. The summed E-state index contributed by atoms with van der Waals surface area (Å²) >= 11 is 3.10. The van der Waals surface area contributed by atoms with Gasteiger partial charge in [0.15, 0.2) is 0 Å². The molecule has 0 radical (unpaired) electrons. The highest BCUT2D eigenvalue weighted by Crippen LogP contribution is 2.26. The topological polar surface area (TPSA) is 90.5 Å². The van der Waals surface area contributed by atoms with E-state index in [2.05, 4.69) is 22.0 Å². The zero-order valence-electron chi connectivity index (χ0n) is 11.2. The van der Waals surface area contributed by atoms with Crippen molar-refractivity contribution in [1.29, 1.82) is 5.26 Å². The summed E-state index contributed by atoms with van der Waals surface area (Å²) in [6.07, 6.45) is 0. The van der Waals surface area contributed by atoms with E-state index < -0.39 is 4.92 Å². The van der Waals surface area contributed by atoms with Gasteiger partial charge in [-0.15, -0.1) is 0 Å². The van der Waals surface area contributed by atoms with Crippen LogP contribution in [-0.2, 0) is 0 Å². The molecule has 0 unspecified atom stereocenters. The SMILES string of the molecule is N#CCN1CCN(C(=O)c2ccc(Br)c([N+](=O)[O-])c2)CC1. The van der Waals surface area contributed by atoms with Gasteiger partial charge < -0.3 is 4.90 Å². The Labute approximate surface area is 130 Å². The van der Waals surface area contributed by atoms with Crippen LogP contribution in [0.2, 0.25) is 0 Å². The third-order valence-corrected chi connectivity index (χ3v) is 4.01. The first-order valence-corrected chi connectivity index (χ1v) is 7.14. The molecule has 0 saturated carbocycles. The van der Waals surface area contributed by atoms with Crippen molar-refractivity contribution in [2.75, 3.05) is 32.7 Å². The van der Waals surface area contributed by atoms with Gasteiger partial charge in [-0.1, -0.05) is 0 Å². The molecule has 7 nitrogen and oxygen atoms in total. The summed E-state index contributed by atoms with van der Waals surface area (Å²) in [5.74, 6) is -0.220. The van der Waals surface area contributed by atoms with Crippen molar-refractivity contribution in [3.63, 3.8) is 0 Å². The minimum atomic E-state index is -0.522. The Bertz CT molecular complexity index is 606. The minimum Gasteiger partial charge on any atom is -0.336 e. The third-order valence-electron chi connectivity index (χ3n) is 3.34. The number of nitrogens with zero attached hydrogens (tertiary/aromatic N) is 4. The van der Waals surface area contributed by atoms with Crippen LogP contribution < -0.4 is 0 Å². The molecule has 1 aliphatic heterocycles. The van der Waals surface area contributed by atoms with Crippen LogP contribution >= 0.6 is 15.9 Å². The van der Waals surface area contributed by atoms with E-state index in [0.29, 0.717) is 42.8 Å². The van der Waals surface area contributed by atoms with E-state index in [9.17, 15) is 14.9 Å². The van der Waals surface area contributed by atoms with E-state index in [1.807, 2.05) is 4.90 Å². The normalized spacial score (nSPS) is 15.5. The lowest BCUT2D eigenvalue weighted by atomic mass is 10.1. The fraction of sp³-hybridized carbons (Fsp3) is 0.385. The Morgan fingerprint density at radius 2 is 2.05 bits per heavy atom. The summed E-state index contributed by atoms with van der Waals surface area (Å²) < 4.78 is 0.350. The molecule has 0 atom stereocenters. The molecule has 0 aromatic heterocycles. The molecule has 1 fully saturated rings. The van der Waals surface area contributed by atoms with Crippen LogP contribution in [0.3, 0.4) is 0 Å². The first kappa shape index (κ1) is 15.4. The van der Waals surface area contributed by atoms with E-state index in [1.165, 1.54) is 12.1 Å². The van der Waals surface area contributed by atoms with Gasteiger partial charge in [0.25, 0.3) is 11.6 Å². The average Bonchev–Trinajstić information content (AvgIpc) is 2.48. The second kappa shape index (κ2) is 6.65.